The predicted molar refractivity (Wildman–Crippen MR) is 119 cm³/mol. The smallest absolute Gasteiger partial charge is 0.135 e. The molecule has 0 saturated carbocycles. The zero-order valence-electron chi connectivity index (χ0n) is 16.7. The Morgan fingerprint density at radius 3 is 2.34 bits per heavy atom. The van der Waals surface area contributed by atoms with Crippen LogP contribution in [-0.2, 0) is 24.1 Å². The van der Waals surface area contributed by atoms with Crippen LogP contribution >= 0.6 is 0 Å². The first-order chi connectivity index (χ1) is 14.4. The van der Waals surface area contributed by atoms with Crippen molar-refractivity contribution in [3.05, 3.63) is 102 Å². The van der Waals surface area contributed by atoms with Gasteiger partial charge in [-0.05, 0) is 54.9 Å². The molecule has 29 heavy (non-hydrogen) atoms. The summed E-state index contributed by atoms with van der Waals surface area (Å²) in [5, 5.41) is 4.16. The predicted octanol–water partition coefficient (Wildman–Crippen LogP) is 5.78. The number of benzene rings is 2. The quantitative estimate of drug-likeness (QED) is 0.327. The molecule has 0 bridgehead atoms. The van der Waals surface area contributed by atoms with Crippen LogP contribution in [0.4, 0.5) is 0 Å². The Morgan fingerprint density at radius 1 is 0.828 bits per heavy atom. The van der Waals surface area contributed by atoms with E-state index in [2.05, 4.69) is 65.2 Å². The molecule has 1 heterocycles. The van der Waals surface area contributed by atoms with Gasteiger partial charge in [-0.25, -0.2) is 0 Å². The first-order valence-corrected chi connectivity index (χ1v) is 10.3. The fraction of sp³-hybridized carbons (Fsp3) is 0.231. The van der Waals surface area contributed by atoms with Gasteiger partial charge in [-0.2, -0.15) is 0 Å². The summed E-state index contributed by atoms with van der Waals surface area (Å²) < 4.78 is 0. The number of aryl methyl sites for hydroxylation is 3. The Balaban J connectivity index is 0.000000141. The summed E-state index contributed by atoms with van der Waals surface area (Å²) in [6, 6.07) is 21.2. The van der Waals surface area contributed by atoms with Crippen LogP contribution in [0.3, 0.4) is 0 Å². The van der Waals surface area contributed by atoms with Gasteiger partial charge in [0.2, 0.25) is 0 Å². The molecule has 0 unspecified atom stereocenters. The Kier molecular flexibility index (Phi) is 6.16. The summed E-state index contributed by atoms with van der Waals surface area (Å²) in [5.74, 6) is 0. The number of aromatic nitrogens is 1. The number of hydrogen-bond acceptors (Lipinski definition) is 3. The van der Waals surface area contributed by atoms with Crippen molar-refractivity contribution < 1.29 is 4.84 Å². The van der Waals surface area contributed by atoms with E-state index < -0.39 is 0 Å². The second-order valence-electron chi connectivity index (χ2n) is 7.30. The van der Waals surface area contributed by atoms with Crippen LogP contribution < -0.4 is 0 Å². The third-order valence-electron chi connectivity index (χ3n) is 5.38. The van der Waals surface area contributed by atoms with Crippen LogP contribution in [0, 0.1) is 0 Å². The molecule has 2 aliphatic carbocycles. The molecule has 1 aromatic heterocycles. The third-order valence-corrected chi connectivity index (χ3v) is 5.38. The van der Waals surface area contributed by atoms with E-state index in [1.807, 2.05) is 18.3 Å². The molecule has 5 rings (SSSR count). The van der Waals surface area contributed by atoms with E-state index in [0.717, 1.165) is 37.8 Å². The van der Waals surface area contributed by atoms with Crippen molar-refractivity contribution >= 4 is 5.71 Å². The SMILES string of the molecule is C=CCO/N=C1\CCCc2ccccc21.c1ccc2c(c1)CCc1cccnc1-2. The fourth-order valence-electron chi connectivity index (χ4n) is 3.99. The maximum absolute atomic E-state index is 5.15. The van der Waals surface area contributed by atoms with Gasteiger partial charge in [0.15, 0.2) is 0 Å². The van der Waals surface area contributed by atoms with Crippen LogP contribution in [-0.4, -0.2) is 17.3 Å². The zero-order chi connectivity index (χ0) is 19.9. The van der Waals surface area contributed by atoms with E-state index in [4.69, 9.17) is 4.84 Å². The Bertz CT molecular complexity index is 977. The lowest BCUT2D eigenvalue weighted by Gasteiger charge is -2.17. The van der Waals surface area contributed by atoms with Gasteiger partial charge in [0.05, 0.1) is 11.4 Å². The van der Waals surface area contributed by atoms with Gasteiger partial charge >= 0.3 is 0 Å². The molecule has 2 aromatic carbocycles. The van der Waals surface area contributed by atoms with Gasteiger partial charge in [-0.3, -0.25) is 4.98 Å². The highest BCUT2D eigenvalue weighted by atomic mass is 16.6. The van der Waals surface area contributed by atoms with Crippen LogP contribution in [0.15, 0.2) is 84.7 Å². The molecule has 3 heteroatoms. The average molecular weight is 383 g/mol. The lowest BCUT2D eigenvalue weighted by molar-refractivity contribution is 0.174. The largest absolute Gasteiger partial charge is 0.391 e. The number of nitrogens with zero attached hydrogens (tertiary/aromatic N) is 2. The van der Waals surface area contributed by atoms with Crippen molar-refractivity contribution in [3.63, 3.8) is 0 Å². The van der Waals surface area contributed by atoms with Crippen LogP contribution in [0.25, 0.3) is 11.3 Å². The number of pyridine rings is 1. The first-order valence-electron chi connectivity index (χ1n) is 10.3. The van der Waals surface area contributed by atoms with Gasteiger partial charge in [-0.1, -0.05) is 72.4 Å². The number of oxime groups is 1. The summed E-state index contributed by atoms with van der Waals surface area (Å²) in [4.78, 5) is 9.61. The summed E-state index contributed by atoms with van der Waals surface area (Å²) in [7, 11) is 0. The molecule has 3 nitrogen and oxygen atoms in total. The minimum Gasteiger partial charge on any atom is -0.391 e. The molecule has 0 radical (unpaired) electrons. The number of hydrogen-bond donors (Lipinski definition) is 0. The van der Waals surface area contributed by atoms with Crippen molar-refractivity contribution in [2.45, 2.75) is 32.1 Å². The van der Waals surface area contributed by atoms with Gasteiger partial charge < -0.3 is 4.84 Å². The molecule has 0 N–H and O–H groups in total. The van der Waals surface area contributed by atoms with Gasteiger partial charge in [0, 0.05) is 17.3 Å². The van der Waals surface area contributed by atoms with Crippen LogP contribution in [0.5, 0.6) is 0 Å². The van der Waals surface area contributed by atoms with Crippen molar-refractivity contribution in [2.24, 2.45) is 5.16 Å². The molecule has 0 amide bonds. The maximum atomic E-state index is 5.15. The number of fused-ring (bicyclic) bond motifs is 4. The standard InChI is InChI=1S/C13H15NO.C13H11N/c1-2-10-15-14-13-9-5-7-11-6-3-4-8-12(11)13;1-2-6-12-10(4-1)7-8-11-5-3-9-14-13(11)12/h2-4,6,8H,1,5,7,9-10H2;1-6,9H,7-8H2/b14-13+;. The zero-order valence-corrected chi connectivity index (χ0v) is 16.7. The molecular weight excluding hydrogens is 356 g/mol. The summed E-state index contributed by atoms with van der Waals surface area (Å²) in [6.45, 7) is 4.07. The van der Waals surface area contributed by atoms with Crippen molar-refractivity contribution in [2.75, 3.05) is 6.61 Å². The van der Waals surface area contributed by atoms with Gasteiger partial charge in [0.1, 0.15) is 6.61 Å². The highest BCUT2D eigenvalue weighted by Gasteiger charge is 2.16. The van der Waals surface area contributed by atoms with Crippen LogP contribution in [0.2, 0.25) is 0 Å². The van der Waals surface area contributed by atoms with Crippen molar-refractivity contribution in [3.8, 4) is 11.3 Å². The third kappa shape index (κ3) is 4.45. The minimum atomic E-state index is 0.478. The second kappa shape index (κ2) is 9.33. The number of rotatable bonds is 3. The molecule has 2 aliphatic rings. The minimum absolute atomic E-state index is 0.478. The highest BCUT2D eigenvalue weighted by Crippen LogP contribution is 2.30. The van der Waals surface area contributed by atoms with Crippen LogP contribution in [0.1, 0.15) is 35.1 Å². The summed E-state index contributed by atoms with van der Waals surface area (Å²) in [6.07, 6.45) is 9.17. The first kappa shape index (κ1) is 19.1. The molecule has 0 atom stereocenters. The fourth-order valence-corrected chi connectivity index (χ4v) is 3.99. The molecule has 0 spiro atoms. The van der Waals surface area contributed by atoms with E-state index in [1.165, 1.54) is 33.5 Å². The summed E-state index contributed by atoms with van der Waals surface area (Å²) in [5.41, 5.74) is 8.99. The molecule has 3 aromatic rings. The lowest BCUT2D eigenvalue weighted by Crippen LogP contribution is -2.12. The molecule has 146 valence electrons. The molecule has 0 aliphatic heterocycles. The average Bonchev–Trinajstić information content (AvgIpc) is 2.80. The van der Waals surface area contributed by atoms with E-state index in [9.17, 15) is 0 Å². The molecular formula is C26H26N2O. The summed E-state index contributed by atoms with van der Waals surface area (Å²) >= 11 is 0. The van der Waals surface area contributed by atoms with E-state index >= 15 is 0 Å². The normalized spacial score (nSPS) is 15.2. The Morgan fingerprint density at radius 2 is 1.52 bits per heavy atom. The molecule has 0 saturated heterocycles. The van der Waals surface area contributed by atoms with E-state index in [-0.39, 0.29) is 0 Å². The van der Waals surface area contributed by atoms with Crippen molar-refractivity contribution in [1.29, 1.82) is 0 Å². The van der Waals surface area contributed by atoms with Gasteiger partial charge in [-0.15, -0.1) is 0 Å². The Hall–Kier alpha value is -3.20. The molecule has 0 fully saturated rings. The highest BCUT2D eigenvalue weighted by molar-refractivity contribution is 6.02. The Labute approximate surface area is 172 Å². The van der Waals surface area contributed by atoms with E-state index in [1.54, 1.807) is 6.08 Å². The van der Waals surface area contributed by atoms with E-state index in [0.29, 0.717) is 6.61 Å². The topological polar surface area (TPSA) is 34.5 Å². The lowest BCUT2D eigenvalue weighted by atomic mass is 9.89. The maximum Gasteiger partial charge on any atom is 0.135 e. The van der Waals surface area contributed by atoms with Gasteiger partial charge in [0.25, 0.3) is 0 Å². The second-order valence-corrected chi connectivity index (χ2v) is 7.30. The monoisotopic (exact) mass is 382 g/mol. The van der Waals surface area contributed by atoms with Crippen molar-refractivity contribution in [1.82, 2.24) is 4.98 Å².